The summed E-state index contributed by atoms with van der Waals surface area (Å²) in [6.07, 6.45) is 18.8. The zero-order valence-corrected chi connectivity index (χ0v) is 15.1. The van der Waals surface area contributed by atoms with Crippen molar-refractivity contribution in [2.24, 2.45) is 4.99 Å². The van der Waals surface area contributed by atoms with Gasteiger partial charge in [0, 0.05) is 6.42 Å². The maximum Gasteiger partial charge on any atom is 0.303 e. The molecule has 0 amide bonds. The van der Waals surface area contributed by atoms with Crippen LogP contribution in [0.1, 0.15) is 96.8 Å². The van der Waals surface area contributed by atoms with Crippen molar-refractivity contribution >= 4 is 12.4 Å². The molecule has 1 aliphatic rings. The second-order valence-electron chi connectivity index (χ2n) is 6.27. The van der Waals surface area contributed by atoms with Crippen LogP contribution in [0, 0.1) is 0 Å². The molecule has 0 fully saturated rings. The van der Waals surface area contributed by atoms with Gasteiger partial charge in [-0.25, -0.2) is 0 Å². The summed E-state index contributed by atoms with van der Waals surface area (Å²) in [6, 6.07) is 0. The fourth-order valence-corrected chi connectivity index (χ4v) is 2.56. The van der Waals surface area contributed by atoms with Crippen LogP contribution in [0.2, 0.25) is 0 Å². The van der Waals surface area contributed by atoms with Crippen molar-refractivity contribution in [3.05, 3.63) is 0 Å². The monoisotopic (exact) mass is 327 g/mol. The fraction of sp³-hybridized carbons (Fsp3) is 0.895. The predicted molar refractivity (Wildman–Crippen MR) is 97.3 cm³/mol. The molecule has 0 aliphatic carbocycles. The third-order valence-electron chi connectivity index (χ3n) is 3.98. The second kappa shape index (κ2) is 19.0. The fourth-order valence-electron chi connectivity index (χ4n) is 2.56. The summed E-state index contributed by atoms with van der Waals surface area (Å²) in [6.45, 7) is 3.89. The quantitative estimate of drug-likeness (QED) is 0.423. The van der Waals surface area contributed by atoms with Crippen LogP contribution >= 0.6 is 0 Å². The molecule has 1 N–H and O–H groups in total. The van der Waals surface area contributed by atoms with Crippen LogP contribution in [0.25, 0.3) is 0 Å². The Kier molecular flexibility index (Phi) is 18.1. The molecular formula is C19H37NO3. The molecule has 0 atom stereocenters. The Balaban J connectivity index is 0.000000809. The lowest BCUT2D eigenvalue weighted by atomic mass is 10.0. The van der Waals surface area contributed by atoms with Crippen LogP contribution in [0.5, 0.6) is 0 Å². The van der Waals surface area contributed by atoms with Gasteiger partial charge in [0.05, 0.1) is 6.54 Å². The number of aliphatic imine (C=N–C) groups is 1. The zero-order valence-electron chi connectivity index (χ0n) is 15.1. The number of aliphatic carboxylic acids is 1. The van der Waals surface area contributed by atoms with E-state index < -0.39 is 5.97 Å². The topological polar surface area (TPSA) is 58.9 Å². The standard InChI is InChI=1S/C16H32O2.C3H5NO/c1-2-3-4-5-6-7-8-9-10-11-12-13-14-15-16(17)18;1-2-5-3-4-1/h2-15H2,1H3,(H,17,18);3H,1-2H2. The Labute approximate surface area is 142 Å². The number of carboxylic acids is 1. The maximum atomic E-state index is 10.3. The van der Waals surface area contributed by atoms with Crippen LogP contribution in [-0.4, -0.2) is 30.6 Å². The van der Waals surface area contributed by atoms with Gasteiger partial charge >= 0.3 is 5.97 Å². The van der Waals surface area contributed by atoms with Gasteiger partial charge in [-0.1, -0.05) is 84.0 Å². The first-order valence-corrected chi connectivity index (χ1v) is 9.59. The molecule has 0 saturated carbocycles. The minimum atomic E-state index is -0.655. The Morgan fingerprint density at radius 3 is 1.70 bits per heavy atom. The van der Waals surface area contributed by atoms with Gasteiger partial charge in [-0.05, 0) is 6.42 Å². The van der Waals surface area contributed by atoms with E-state index in [1.807, 2.05) is 0 Å². The van der Waals surface area contributed by atoms with E-state index in [2.05, 4.69) is 16.7 Å². The van der Waals surface area contributed by atoms with Gasteiger partial charge in [-0.2, -0.15) is 0 Å². The highest BCUT2D eigenvalue weighted by molar-refractivity contribution is 5.66. The van der Waals surface area contributed by atoms with Gasteiger partial charge in [-0.15, -0.1) is 0 Å². The highest BCUT2D eigenvalue weighted by atomic mass is 16.5. The van der Waals surface area contributed by atoms with Crippen molar-refractivity contribution in [2.45, 2.75) is 96.8 Å². The van der Waals surface area contributed by atoms with Gasteiger partial charge in [0.15, 0.2) is 6.40 Å². The molecule has 0 aromatic heterocycles. The van der Waals surface area contributed by atoms with Gasteiger partial charge in [0.2, 0.25) is 0 Å². The summed E-state index contributed by atoms with van der Waals surface area (Å²) >= 11 is 0. The van der Waals surface area contributed by atoms with E-state index in [1.54, 1.807) is 0 Å². The van der Waals surface area contributed by atoms with Crippen LogP contribution in [0.4, 0.5) is 0 Å². The first-order chi connectivity index (χ1) is 11.3. The number of hydrogen-bond acceptors (Lipinski definition) is 3. The summed E-state index contributed by atoms with van der Waals surface area (Å²) in [7, 11) is 0. The molecule has 0 saturated heterocycles. The van der Waals surface area contributed by atoms with Crippen molar-refractivity contribution in [3.8, 4) is 0 Å². The van der Waals surface area contributed by atoms with Crippen molar-refractivity contribution in [3.63, 3.8) is 0 Å². The summed E-state index contributed by atoms with van der Waals surface area (Å²) in [5, 5.41) is 8.49. The van der Waals surface area contributed by atoms with E-state index in [0.29, 0.717) is 6.42 Å². The molecule has 0 aromatic rings. The van der Waals surface area contributed by atoms with Crippen molar-refractivity contribution in [1.82, 2.24) is 0 Å². The smallest absolute Gasteiger partial charge is 0.303 e. The molecule has 0 unspecified atom stereocenters. The molecule has 0 aromatic carbocycles. The summed E-state index contributed by atoms with van der Waals surface area (Å²) in [4.78, 5) is 14.0. The molecule has 23 heavy (non-hydrogen) atoms. The van der Waals surface area contributed by atoms with E-state index in [4.69, 9.17) is 5.11 Å². The lowest BCUT2D eigenvalue weighted by molar-refractivity contribution is -0.137. The van der Waals surface area contributed by atoms with E-state index in [-0.39, 0.29) is 0 Å². The largest absolute Gasteiger partial charge is 0.482 e. The average molecular weight is 328 g/mol. The molecule has 0 radical (unpaired) electrons. The highest BCUT2D eigenvalue weighted by Gasteiger charge is 1.96. The number of hydrogen-bond donors (Lipinski definition) is 1. The average Bonchev–Trinajstić information content (AvgIpc) is 3.11. The van der Waals surface area contributed by atoms with E-state index in [9.17, 15) is 4.79 Å². The summed E-state index contributed by atoms with van der Waals surface area (Å²) < 4.78 is 4.65. The molecule has 0 spiro atoms. The van der Waals surface area contributed by atoms with Gasteiger partial charge in [-0.3, -0.25) is 9.79 Å². The summed E-state index contributed by atoms with van der Waals surface area (Å²) in [5.41, 5.74) is 0. The number of unbranched alkanes of at least 4 members (excludes halogenated alkanes) is 12. The molecule has 4 nitrogen and oxygen atoms in total. The van der Waals surface area contributed by atoms with Crippen LogP contribution < -0.4 is 0 Å². The van der Waals surface area contributed by atoms with Crippen LogP contribution in [-0.2, 0) is 9.53 Å². The number of carboxylic acid groups (broad SMARTS) is 1. The Morgan fingerprint density at radius 2 is 1.39 bits per heavy atom. The minimum Gasteiger partial charge on any atom is -0.482 e. The van der Waals surface area contributed by atoms with E-state index in [1.165, 1.54) is 77.0 Å². The van der Waals surface area contributed by atoms with Crippen molar-refractivity contribution in [2.75, 3.05) is 13.2 Å². The lowest BCUT2D eigenvalue weighted by Gasteiger charge is -2.02. The normalized spacial score (nSPS) is 12.6. The van der Waals surface area contributed by atoms with Crippen molar-refractivity contribution < 1.29 is 14.6 Å². The molecule has 1 heterocycles. The first-order valence-electron chi connectivity index (χ1n) is 9.59. The van der Waals surface area contributed by atoms with E-state index >= 15 is 0 Å². The number of carbonyl (C=O) groups is 1. The Hall–Kier alpha value is -1.06. The molecule has 1 rings (SSSR count). The van der Waals surface area contributed by atoms with Gasteiger partial charge in [0.25, 0.3) is 0 Å². The first kappa shape index (κ1) is 21.9. The molecule has 0 bridgehead atoms. The minimum absolute atomic E-state index is 0.345. The molecule has 4 heteroatoms. The Bertz CT molecular complexity index is 274. The molecular weight excluding hydrogens is 290 g/mol. The maximum absolute atomic E-state index is 10.3. The Morgan fingerprint density at radius 1 is 0.913 bits per heavy atom. The second-order valence-corrected chi connectivity index (χ2v) is 6.27. The molecule has 136 valence electrons. The molecule has 1 aliphatic heterocycles. The van der Waals surface area contributed by atoms with Gasteiger partial charge < -0.3 is 9.84 Å². The lowest BCUT2D eigenvalue weighted by Crippen LogP contribution is -1.93. The summed E-state index contributed by atoms with van der Waals surface area (Å²) in [5.74, 6) is -0.655. The van der Waals surface area contributed by atoms with Crippen LogP contribution in [0.3, 0.4) is 0 Å². The number of rotatable bonds is 14. The van der Waals surface area contributed by atoms with Crippen LogP contribution in [0.15, 0.2) is 4.99 Å². The van der Waals surface area contributed by atoms with Crippen molar-refractivity contribution in [1.29, 1.82) is 0 Å². The third kappa shape index (κ3) is 20.9. The number of ether oxygens (including phenoxy) is 1. The van der Waals surface area contributed by atoms with Gasteiger partial charge in [0.1, 0.15) is 6.61 Å². The predicted octanol–water partition coefficient (Wildman–Crippen LogP) is 5.60. The third-order valence-corrected chi connectivity index (χ3v) is 3.98. The van der Waals surface area contributed by atoms with E-state index in [0.717, 1.165) is 26.0 Å². The highest BCUT2D eigenvalue weighted by Crippen LogP contribution is 2.12. The SMILES string of the molecule is C1=NCCO1.CCCCCCCCCCCCCCCC(=O)O. The number of nitrogens with zero attached hydrogens (tertiary/aromatic N) is 1. The zero-order chi connectivity index (χ0) is 17.0.